The summed E-state index contributed by atoms with van der Waals surface area (Å²) in [6.07, 6.45) is 0. The van der Waals surface area contributed by atoms with Gasteiger partial charge < -0.3 is 9.64 Å². The molecule has 2 heterocycles. The third-order valence-electron chi connectivity index (χ3n) is 6.06. The van der Waals surface area contributed by atoms with Gasteiger partial charge in [-0.15, -0.1) is 0 Å². The molecule has 1 fully saturated rings. The summed E-state index contributed by atoms with van der Waals surface area (Å²) in [6, 6.07) is 13.7. The van der Waals surface area contributed by atoms with Gasteiger partial charge in [-0.05, 0) is 61.4 Å². The van der Waals surface area contributed by atoms with Crippen LogP contribution in [-0.4, -0.2) is 44.1 Å². The maximum Gasteiger partial charge on any atom is 0.275 e. The van der Waals surface area contributed by atoms with E-state index in [0.29, 0.717) is 24.6 Å². The molecular weight excluding hydrogens is 440 g/mol. The third-order valence-corrected chi connectivity index (χ3v) is 7.46. The van der Waals surface area contributed by atoms with Crippen LogP contribution in [0.5, 0.6) is 0 Å². The first-order valence-corrected chi connectivity index (χ1v) is 12.5. The fraction of sp³-hybridized carbons (Fsp3) is 0.375. The lowest BCUT2D eigenvalue weighted by Crippen LogP contribution is -2.36. The van der Waals surface area contributed by atoms with Crippen LogP contribution in [0.2, 0.25) is 0 Å². The number of benzene rings is 2. The Morgan fingerprint density at radius 3 is 2.06 bits per heavy atom. The molecular formula is C24H30N4O4S. The Hall–Kier alpha value is -3.04. The van der Waals surface area contributed by atoms with Gasteiger partial charge in [0.05, 0.1) is 23.8 Å². The number of sulfonamides is 1. The van der Waals surface area contributed by atoms with E-state index in [4.69, 9.17) is 4.74 Å². The molecule has 176 valence electrons. The second-order valence-corrected chi connectivity index (χ2v) is 10.2. The van der Waals surface area contributed by atoms with Crippen LogP contribution in [0.4, 0.5) is 11.4 Å². The van der Waals surface area contributed by atoms with E-state index >= 15 is 0 Å². The summed E-state index contributed by atoms with van der Waals surface area (Å²) in [5.41, 5.74) is 3.72. The Kier molecular flexibility index (Phi) is 6.36. The number of aromatic nitrogens is 2. The third kappa shape index (κ3) is 4.56. The molecule has 0 unspecified atom stereocenters. The number of ether oxygens (including phenoxy) is 1. The Balaban J connectivity index is 1.54. The Bertz CT molecular complexity index is 1280. The molecule has 0 bridgehead atoms. The van der Waals surface area contributed by atoms with Crippen molar-refractivity contribution in [1.82, 2.24) is 9.36 Å². The van der Waals surface area contributed by atoms with Crippen molar-refractivity contribution < 1.29 is 13.2 Å². The average Bonchev–Trinajstić information content (AvgIpc) is 3.03. The zero-order valence-corrected chi connectivity index (χ0v) is 20.2. The molecule has 0 radical (unpaired) electrons. The van der Waals surface area contributed by atoms with Gasteiger partial charge in [0, 0.05) is 42.8 Å². The monoisotopic (exact) mass is 470 g/mol. The highest BCUT2D eigenvalue weighted by Crippen LogP contribution is 2.23. The van der Waals surface area contributed by atoms with Crippen LogP contribution in [0.3, 0.4) is 0 Å². The smallest absolute Gasteiger partial charge is 0.275 e. The number of anilines is 2. The second kappa shape index (κ2) is 9.07. The van der Waals surface area contributed by atoms with E-state index in [9.17, 15) is 13.2 Å². The van der Waals surface area contributed by atoms with Gasteiger partial charge in [-0.3, -0.25) is 14.2 Å². The molecule has 1 N–H and O–H groups in total. The second-order valence-electron chi connectivity index (χ2n) is 8.54. The van der Waals surface area contributed by atoms with Crippen LogP contribution in [0.25, 0.3) is 5.69 Å². The van der Waals surface area contributed by atoms with Gasteiger partial charge in [0.25, 0.3) is 15.6 Å². The van der Waals surface area contributed by atoms with E-state index < -0.39 is 10.0 Å². The lowest BCUT2D eigenvalue weighted by molar-refractivity contribution is 0.122. The van der Waals surface area contributed by atoms with Gasteiger partial charge in [-0.25, -0.2) is 13.1 Å². The van der Waals surface area contributed by atoms with Gasteiger partial charge >= 0.3 is 0 Å². The average molecular weight is 471 g/mol. The number of nitrogens with zero attached hydrogens (tertiary/aromatic N) is 3. The number of rotatable bonds is 6. The number of hydrogen-bond donors (Lipinski definition) is 1. The fourth-order valence-electron chi connectivity index (χ4n) is 4.23. The molecule has 2 aromatic carbocycles. The summed E-state index contributed by atoms with van der Waals surface area (Å²) in [5, 5.41) is 0. The highest BCUT2D eigenvalue weighted by atomic mass is 32.2. The summed E-state index contributed by atoms with van der Waals surface area (Å²) < 4.78 is 37.2. The van der Waals surface area contributed by atoms with E-state index in [1.807, 2.05) is 40.0 Å². The molecule has 0 saturated carbocycles. The van der Waals surface area contributed by atoms with Crippen molar-refractivity contribution in [3.8, 4) is 5.69 Å². The molecule has 0 spiro atoms. The van der Waals surface area contributed by atoms with E-state index in [1.54, 1.807) is 33.6 Å². The molecule has 0 aliphatic carbocycles. The predicted octanol–water partition coefficient (Wildman–Crippen LogP) is 3.25. The summed E-state index contributed by atoms with van der Waals surface area (Å²) in [6.45, 7) is 8.92. The van der Waals surface area contributed by atoms with Gasteiger partial charge in [0.15, 0.2) is 0 Å². The molecule has 4 rings (SSSR count). The standard InChI is InChI=1S/C24H30N4O4S/c1-17(2)23-18(3)26(4)28(24(23)29)21-9-11-22(12-10-21)33(30,31)25-19-5-7-20(8-6-19)27-13-15-32-16-14-27/h5-12,17,25H,13-16H2,1-4H3. The first-order valence-electron chi connectivity index (χ1n) is 11.0. The van der Waals surface area contributed by atoms with E-state index in [1.165, 1.54) is 12.1 Å². The van der Waals surface area contributed by atoms with Crippen LogP contribution in [-0.2, 0) is 21.8 Å². The van der Waals surface area contributed by atoms with Crippen LogP contribution >= 0.6 is 0 Å². The minimum atomic E-state index is -3.76. The zero-order valence-electron chi connectivity index (χ0n) is 19.4. The van der Waals surface area contributed by atoms with Crippen molar-refractivity contribution in [2.45, 2.75) is 31.6 Å². The summed E-state index contributed by atoms with van der Waals surface area (Å²) in [4.78, 5) is 15.3. The van der Waals surface area contributed by atoms with Crippen LogP contribution in [0, 0.1) is 6.92 Å². The quantitative estimate of drug-likeness (QED) is 0.598. The van der Waals surface area contributed by atoms with Crippen LogP contribution in [0.1, 0.15) is 31.0 Å². The molecule has 1 aromatic heterocycles. The molecule has 1 saturated heterocycles. The van der Waals surface area contributed by atoms with E-state index in [0.717, 1.165) is 30.0 Å². The Morgan fingerprint density at radius 1 is 0.939 bits per heavy atom. The largest absolute Gasteiger partial charge is 0.378 e. The molecule has 8 nitrogen and oxygen atoms in total. The fourth-order valence-corrected chi connectivity index (χ4v) is 5.29. The molecule has 1 aliphatic rings. The van der Waals surface area contributed by atoms with Crippen molar-refractivity contribution in [2.24, 2.45) is 7.05 Å². The van der Waals surface area contributed by atoms with E-state index in [-0.39, 0.29) is 16.4 Å². The first kappa shape index (κ1) is 23.1. The maximum absolute atomic E-state index is 12.9. The SMILES string of the molecule is Cc1c(C(C)C)c(=O)n(-c2ccc(S(=O)(=O)Nc3ccc(N4CCOCC4)cc3)cc2)n1C. The zero-order chi connectivity index (χ0) is 23.8. The normalized spacial score (nSPS) is 14.6. The lowest BCUT2D eigenvalue weighted by atomic mass is 10.0. The number of nitrogens with one attached hydrogen (secondary N) is 1. The van der Waals surface area contributed by atoms with Gasteiger partial charge in [0.1, 0.15) is 0 Å². The minimum absolute atomic E-state index is 0.0842. The van der Waals surface area contributed by atoms with Crippen LogP contribution in [0.15, 0.2) is 58.2 Å². The Morgan fingerprint density at radius 2 is 1.52 bits per heavy atom. The van der Waals surface area contributed by atoms with Crippen molar-refractivity contribution in [3.05, 3.63) is 70.1 Å². The molecule has 9 heteroatoms. The molecule has 1 aliphatic heterocycles. The van der Waals surface area contributed by atoms with Crippen LogP contribution < -0.4 is 15.2 Å². The Labute approximate surface area is 194 Å². The molecule has 3 aromatic rings. The minimum Gasteiger partial charge on any atom is -0.378 e. The topological polar surface area (TPSA) is 85.6 Å². The van der Waals surface area contributed by atoms with Crippen molar-refractivity contribution >= 4 is 21.4 Å². The van der Waals surface area contributed by atoms with Gasteiger partial charge in [-0.1, -0.05) is 13.8 Å². The lowest BCUT2D eigenvalue weighted by Gasteiger charge is -2.28. The number of hydrogen-bond acceptors (Lipinski definition) is 5. The highest BCUT2D eigenvalue weighted by Gasteiger charge is 2.20. The maximum atomic E-state index is 12.9. The highest BCUT2D eigenvalue weighted by molar-refractivity contribution is 7.92. The van der Waals surface area contributed by atoms with E-state index in [2.05, 4.69) is 9.62 Å². The summed E-state index contributed by atoms with van der Waals surface area (Å²) in [7, 11) is -1.94. The van der Waals surface area contributed by atoms with Crippen molar-refractivity contribution in [1.29, 1.82) is 0 Å². The predicted molar refractivity (Wildman–Crippen MR) is 130 cm³/mol. The molecule has 0 atom stereocenters. The number of morpholine rings is 1. The van der Waals surface area contributed by atoms with Crippen molar-refractivity contribution in [2.75, 3.05) is 35.9 Å². The first-order chi connectivity index (χ1) is 15.7. The van der Waals surface area contributed by atoms with Crippen molar-refractivity contribution in [3.63, 3.8) is 0 Å². The molecule has 33 heavy (non-hydrogen) atoms. The summed E-state index contributed by atoms with van der Waals surface area (Å²) >= 11 is 0. The summed E-state index contributed by atoms with van der Waals surface area (Å²) in [5.74, 6) is 0.100. The van der Waals surface area contributed by atoms with Gasteiger partial charge in [-0.2, -0.15) is 0 Å². The van der Waals surface area contributed by atoms with Gasteiger partial charge in [0.2, 0.25) is 0 Å². The molecule has 0 amide bonds.